The minimum Gasteiger partial charge on any atom is -0.497 e. The molecular formula is C13H20N3O7S2+. The number of sulfonamides is 2. The van der Waals surface area contributed by atoms with Crippen molar-refractivity contribution in [1.29, 1.82) is 0 Å². The van der Waals surface area contributed by atoms with Gasteiger partial charge in [0.25, 0.3) is 0 Å². The van der Waals surface area contributed by atoms with E-state index >= 15 is 0 Å². The van der Waals surface area contributed by atoms with Crippen molar-refractivity contribution in [1.82, 2.24) is 4.31 Å². The summed E-state index contributed by atoms with van der Waals surface area (Å²) in [6.45, 7) is -0.794. The van der Waals surface area contributed by atoms with Gasteiger partial charge in [0.1, 0.15) is 23.7 Å². The van der Waals surface area contributed by atoms with E-state index in [-0.39, 0.29) is 31.1 Å². The zero-order chi connectivity index (χ0) is 18.9. The maximum atomic E-state index is 13.0. The summed E-state index contributed by atoms with van der Waals surface area (Å²) in [4.78, 5) is 16.2. The van der Waals surface area contributed by atoms with Crippen molar-refractivity contribution >= 4 is 26.1 Å². The van der Waals surface area contributed by atoms with Crippen LogP contribution in [0.1, 0.15) is 0 Å². The Hall–Kier alpha value is -1.89. The zero-order valence-corrected chi connectivity index (χ0v) is 15.4. The van der Waals surface area contributed by atoms with Crippen LogP contribution >= 0.6 is 0 Å². The van der Waals surface area contributed by atoms with Gasteiger partial charge >= 0.3 is 16.1 Å². The molecule has 0 aliphatic carbocycles. The molecule has 0 spiro atoms. The van der Waals surface area contributed by atoms with Crippen molar-refractivity contribution in [2.45, 2.75) is 4.90 Å². The third-order valence-corrected chi connectivity index (χ3v) is 7.39. The number of amides is 1. The summed E-state index contributed by atoms with van der Waals surface area (Å²) in [5.74, 6) is 0.461. The number of methoxy groups -OCH3 is 1. The molecule has 1 saturated heterocycles. The van der Waals surface area contributed by atoms with Gasteiger partial charge in [-0.05, 0) is 28.3 Å². The Morgan fingerprint density at radius 3 is 2.04 bits per heavy atom. The Bertz CT molecular complexity index is 842. The smallest absolute Gasteiger partial charge is 0.461 e. The van der Waals surface area contributed by atoms with Crippen molar-refractivity contribution in [2.24, 2.45) is 5.73 Å². The Balaban J connectivity index is 2.41. The summed E-state index contributed by atoms with van der Waals surface area (Å²) in [6, 6.07) is 5.56. The van der Waals surface area contributed by atoms with E-state index in [1.54, 1.807) is 0 Å². The molecule has 1 aromatic rings. The summed E-state index contributed by atoms with van der Waals surface area (Å²) in [5, 5.41) is 0. The van der Waals surface area contributed by atoms with Crippen molar-refractivity contribution in [3.63, 3.8) is 0 Å². The zero-order valence-electron chi connectivity index (χ0n) is 13.8. The molecule has 1 amide bonds. The van der Waals surface area contributed by atoms with Gasteiger partial charge in [0.2, 0.25) is 10.0 Å². The quantitative estimate of drug-likeness (QED) is 0.665. The van der Waals surface area contributed by atoms with Gasteiger partial charge < -0.3 is 10.5 Å². The first kappa shape index (κ1) is 19.4. The molecule has 0 aromatic heterocycles. The van der Waals surface area contributed by atoms with Gasteiger partial charge in [-0.15, -0.1) is 0 Å². The Kier molecular flexibility index (Phi) is 5.27. The SMILES string of the molecule is COc1ccc(S(=O)(=O)[N+]2(OC(N)=O)CCN(S(C)(=O)=O)CC2)cc1. The average molecular weight is 394 g/mol. The van der Waals surface area contributed by atoms with Crippen LogP contribution in [0.4, 0.5) is 4.79 Å². The number of nitrogens with zero attached hydrogens (tertiary/aromatic N) is 2. The van der Waals surface area contributed by atoms with E-state index < -0.39 is 30.2 Å². The number of hydroxylamine groups is 2. The number of hydrogen-bond acceptors (Lipinski definition) is 7. The predicted molar refractivity (Wildman–Crippen MR) is 87.3 cm³/mol. The monoisotopic (exact) mass is 394 g/mol. The molecule has 140 valence electrons. The van der Waals surface area contributed by atoms with Gasteiger partial charge in [-0.3, -0.25) is 0 Å². The molecule has 0 atom stereocenters. The highest BCUT2D eigenvalue weighted by atomic mass is 32.2. The Morgan fingerprint density at radius 1 is 1.12 bits per heavy atom. The summed E-state index contributed by atoms with van der Waals surface area (Å²) >= 11 is 0. The fourth-order valence-corrected chi connectivity index (χ4v) is 5.07. The van der Waals surface area contributed by atoms with Crippen molar-refractivity contribution in [3.05, 3.63) is 24.3 Å². The van der Waals surface area contributed by atoms with Gasteiger partial charge in [-0.1, -0.05) is 0 Å². The minimum absolute atomic E-state index is 0.0950. The molecule has 1 heterocycles. The van der Waals surface area contributed by atoms with E-state index in [0.29, 0.717) is 5.75 Å². The number of hydrogen-bond donors (Lipinski definition) is 1. The van der Waals surface area contributed by atoms with Crippen LogP contribution in [0, 0.1) is 0 Å². The lowest BCUT2D eigenvalue weighted by atomic mass is 10.3. The molecule has 12 heteroatoms. The van der Waals surface area contributed by atoms with E-state index in [9.17, 15) is 21.6 Å². The van der Waals surface area contributed by atoms with Crippen molar-refractivity contribution < 1.29 is 35.3 Å². The van der Waals surface area contributed by atoms with Crippen LogP contribution in [-0.2, 0) is 24.9 Å². The molecular weight excluding hydrogens is 374 g/mol. The van der Waals surface area contributed by atoms with E-state index in [2.05, 4.69) is 0 Å². The van der Waals surface area contributed by atoms with Crippen LogP contribution in [0.15, 0.2) is 29.2 Å². The van der Waals surface area contributed by atoms with Gasteiger partial charge in [-0.2, -0.15) is 12.7 Å². The molecule has 1 aliphatic rings. The predicted octanol–water partition coefficient (Wildman–Crippen LogP) is -0.514. The molecule has 2 N–H and O–H groups in total. The number of nitrogens with two attached hydrogens (primary N) is 1. The topological polar surface area (TPSA) is 133 Å². The summed E-state index contributed by atoms with van der Waals surface area (Å²) < 4.78 is 54.3. The van der Waals surface area contributed by atoms with Crippen LogP contribution in [0.3, 0.4) is 0 Å². The first-order valence-corrected chi connectivity index (χ1v) is 10.5. The summed E-state index contributed by atoms with van der Waals surface area (Å²) in [7, 11) is -6.22. The number of quaternary nitrogens is 1. The number of ether oxygens (including phenoxy) is 1. The second-order valence-corrected chi connectivity index (χ2v) is 9.55. The van der Waals surface area contributed by atoms with Gasteiger partial charge in [0, 0.05) is 0 Å². The molecule has 1 aromatic carbocycles. The fourth-order valence-electron chi connectivity index (χ4n) is 2.57. The highest BCUT2D eigenvalue weighted by Crippen LogP contribution is 2.29. The molecule has 1 fully saturated rings. The van der Waals surface area contributed by atoms with Crippen LogP contribution < -0.4 is 10.5 Å². The average Bonchev–Trinajstić information content (AvgIpc) is 2.53. The largest absolute Gasteiger partial charge is 0.497 e. The normalized spacial score (nSPS) is 18.5. The molecule has 1 aliphatic heterocycles. The molecule has 2 rings (SSSR count). The number of piperazine rings is 1. The van der Waals surface area contributed by atoms with E-state index in [1.807, 2.05) is 0 Å². The Morgan fingerprint density at radius 2 is 1.64 bits per heavy atom. The highest BCUT2D eigenvalue weighted by molar-refractivity contribution is 7.88. The van der Waals surface area contributed by atoms with Crippen LogP contribution in [0.5, 0.6) is 5.75 Å². The molecule has 10 nitrogen and oxygen atoms in total. The van der Waals surface area contributed by atoms with Crippen molar-refractivity contribution in [3.8, 4) is 5.75 Å². The van der Waals surface area contributed by atoms with E-state index in [0.717, 1.165) is 10.6 Å². The van der Waals surface area contributed by atoms with Crippen LogP contribution in [0.25, 0.3) is 0 Å². The third kappa shape index (κ3) is 3.86. The van der Waals surface area contributed by atoms with Gasteiger partial charge in [-0.25, -0.2) is 18.0 Å². The second kappa shape index (κ2) is 6.78. The number of primary amides is 1. The van der Waals surface area contributed by atoms with E-state index in [4.69, 9.17) is 15.3 Å². The van der Waals surface area contributed by atoms with Gasteiger partial charge in [0.15, 0.2) is 0 Å². The summed E-state index contributed by atoms with van der Waals surface area (Å²) in [5.41, 5.74) is 5.06. The lowest BCUT2D eigenvalue weighted by Crippen LogP contribution is -2.63. The van der Waals surface area contributed by atoms with E-state index in [1.165, 1.54) is 31.4 Å². The summed E-state index contributed by atoms with van der Waals surface area (Å²) in [6.07, 6.45) is -0.232. The lowest BCUT2D eigenvalue weighted by Gasteiger charge is -2.38. The molecule has 0 bridgehead atoms. The standard InChI is InChI=1S/C13H19N3O7S2/c1-22-11-3-5-12(6-4-11)25(20,21)16(23-13(14)17)9-7-15(8-10-16)24(2,18)19/h3-6H,7-10H2,1-2H3,(H-,14,17)/p+1. The van der Waals surface area contributed by atoms with Gasteiger partial charge in [0.05, 0.1) is 26.5 Å². The number of carbonyl (C=O) groups is 1. The molecule has 0 saturated carbocycles. The fraction of sp³-hybridized carbons (Fsp3) is 0.462. The number of benzene rings is 1. The van der Waals surface area contributed by atoms with Crippen LogP contribution in [0.2, 0.25) is 0 Å². The molecule has 0 radical (unpaired) electrons. The number of carbonyl (C=O) groups excluding carboxylic acids is 1. The third-order valence-electron chi connectivity index (χ3n) is 3.90. The maximum Gasteiger partial charge on any atom is 0.461 e. The highest BCUT2D eigenvalue weighted by Gasteiger charge is 2.51. The van der Waals surface area contributed by atoms with Crippen molar-refractivity contribution in [2.75, 3.05) is 39.5 Å². The molecule has 0 unspecified atom stereocenters. The van der Waals surface area contributed by atoms with Crippen LogP contribution in [-0.4, -0.2) is 70.8 Å². The number of rotatable bonds is 5. The first-order valence-electron chi connectivity index (χ1n) is 7.22. The molecule has 25 heavy (non-hydrogen) atoms. The maximum absolute atomic E-state index is 13.0. The first-order chi connectivity index (χ1) is 11.5. The minimum atomic E-state index is -4.18. The Labute approximate surface area is 146 Å². The second-order valence-electron chi connectivity index (χ2n) is 5.48. The lowest BCUT2D eigenvalue weighted by molar-refractivity contribution is -0.989.